The molecule has 0 atom stereocenters. The Morgan fingerprint density at radius 2 is 2.18 bits per heavy atom. The second kappa shape index (κ2) is 3.35. The van der Waals surface area contributed by atoms with Crippen LogP contribution in [-0.4, -0.2) is 10.8 Å². The third kappa shape index (κ3) is 1.45. The van der Waals surface area contributed by atoms with Gasteiger partial charge in [0.1, 0.15) is 0 Å². The van der Waals surface area contributed by atoms with E-state index in [-0.39, 0.29) is 0 Å². The van der Waals surface area contributed by atoms with Gasteiger partial charge in [-0.05, 0) is 25.7 Å². The molecule has 0 saturated carbocycles. The molecule has 1 aromatic rings. The van der Waals surface area contributed by atoms with Gasteiger partial charge in [-0.25, -0.2) is 0 Å². The first-order chi connectivity index (χ1) is 5.20. The van der Waals surface area contributed by atoms with Gasteiger partial charge in [-0.1, -0.05) is 6.92 Å². The number of hydrogen-bond donors (Lipinski definition) is 0. The molecule has 0 aliphatic rings. The molecule has 0 fully saturated rings. The Balaban J connectivity index is 3.15. The fraction of sp³-hybridized carbons (Fsp3) is 0.556. The smallest absolute Gasteiger partial charge is 0.0308 e. The summed E-state index contributed by atoms with van der Waals surface area (Å²) in [6.07, 6.45) is 3.26. The standard InChI is InChI=1S/C9H15NS/c1-5-8-9(11-4)6-7(2)10(8)3/h6H,5H2,1-4H3. The highest BCUT2D eigenvalue weighted by Gasteiger charge is 2.05. The average molecular weight is 169 g/mol. The van der Waals surface area contributed by atoms with Crippen LogP contribution in [0, 0.1) is 6.92 Å². The highest BCUT2D eigenvalue weighted by atomic mass is 32.2. The van der Waals surface area contributed by atoms with E-state index in [9.17, 15) is 0 Å². The van der Waals surface area contributed by atoms with Crippen LogP contribution in [0.25, 0.3) is 0 Å². The number of hydrogen-bond acceptors (Lipinski definition) is 1. The summed E-state index contributed by atoms with van der Waals surface area (Å²) in [6, 6.07) is 2.25. The van der Waals surface area contributed by atoms with Gasteiger partial charge in [-0.15, -0.1) is 11.8 Å². The Kier molecular flexibility index (Phi) is 2.66. The molecule has 0 aliphatic carbocycles. The monoisotopic (exact) mass is 169 g/mol. The van der Waals surface area contributed by atoms with Crippen LogP contribution in [0.4, 0.5) is 0 Å². The van der Waals surface area contributed by atoms with Crippen molar-refractivity contribution in [3.05, 3.63) is 17.5 Å². The maximum atomic E-state index is 2.27. The van der Waals surface area contributed by atoms with E-state index in [1.165, 1.54) is 16.3 Å². The number of rotatable bonds is 2. The minimum Gasteiger partial charge on any atom is -0.351 e. The predicted molar refractivity (Wildman–Crippen MR) is 51.3 cm³/mol. The summed E-state index contributed by atoms with van der Waals surface area (Å²) in [7, 11) is 2.13. The maximum absolute atomic E-state index is 2.27. The summed E-state index contributed by atoms with van der Waals surface area (Å²) in [6.45, 7) is 4.35. The quantitative estimate of drug-likeness (QED) is 0.616. The molecule has 0 aliphatic heterocycles. The van der Waals surface area contributed by atoms with Gasteiger partial charge in [-0.2, -0.15) is 0 Å². The fourth-order valence-electron chi connectivity index (χ4n) is 1.34. The highest BCUT2D eigenvalue weighted by Crippen LogP contribution is 2.23. The van der Waals surface area contributed by atoms with E-state index in [0.29, 0.717) is 0 Å². The third-order valence-corrected chi connectivity index (χ3v) is 2.91. The van der Waals surface area contributed by atoms with Gasteiger partial charge in [0.15, 0.2) is 0 Å². The molecule has 0 saturated heterocycles. The van der Waals surface area contributed by atoms with E-state index in [2.05, 4.69) is 37.8 Å². The van der Waals surface area contributed by atoms with Crippen molar-refractivity contribution in [3.8, 4) is 0 Å². The molecule has 0 amide bonds. The SMILES string of the molecule is CCc1c(SC)cc(C)n1C. The second-order valence-electron chi connectivity index (χ2n) is 2.71. The van der Waals surface area contributed by atoms with Crippen LogP contribution < -0.4 is 0 Å². The topological polar surface area (TPSA) is 4.93 Å². The van der Waals surface area contributed by atoms with Crippen LogP contribution in [0.15, 0.2) is 11.0 Å². The zero-order valence-corrected chi connectivity index (χ0v) is 8.46. The Morgan fingerprint density at radius 3 is 2.55 bits per heavy atom. The lowest BCUT2D eigenvalue weighted by molar-refractivity contribution is 0.796. The van der Waals surface area contributed by atoms with Gasteiger partial charge in [0.2, 0.25) is 0 Å². The molecule has 0 bridgehead atoms. The van der Waals surface area contributed by atoms with Crippen molar-refractivity contribution in [1.29, 1.82) is 0 Å². The number of aromatic nitrogens is 1. The molecular weight excluding hydrogens is 154 g/mol. The minimum absolute atomic E-state index is 1.13. The van der Waals surface area contributed by atoms with Gasteiger partial charge in [0.05, 0.1) is 0 Å². The number of thioether (sulfide) groups is 1. The van der Waals surface area contributed by atoms with Crippen LogP contribution in [0.5, 0.6) is 0 Å². The summed E-state index contributed by atoms with van der Waals surface area (Å²) < 4.78 is 2.27. The Labute approximate surface area is 72.8 Å². The van der Waals surface area contributed by atoms with Crippen molar-refractivity contribution >= 4 is 11.8 Å². The van der Waals surface area contributed by atoms with Crippen molar-refractivity contribution in [2.24, 2.45) is 7.05 Å². The largest absolute Gasteiger partial charge is 0.351 e. The zero-order chi connectivity index (χ0) is 8.43. The molecule has 0 spiro atoms. The van der Waals surface area contributed by atoms with Crippen LogP contribution in [0.3, 0.4) is 0 Å². The van der Waals surface area contributed by atoms with Crippen molar-refractivity contribution in [1.82, 2.24) is 4.57 Å². The zero-order valence-electron chi connectivity index (χ0n) is 7.64. The first-order valence-corrected chi connectivity index (χ1v) is 5.12. The normalized spacial score (nSPS) is 10.5. The number of aryl methyl sites for hydroxylation is 1. The van der Waals surface area contributed by atoms with E-state index in [4.69, 9.17) is 0 Å². The van der Waals surface area contributed by atoms with E-state index in [0.717, 1.165) is 6.42 Å². The number of nitrogens with zero attached hydrogens (tertiary/aromatic N) is 1. The molecular formula is C9H15NS. The summed E-state index contributed by atoms with van der Waals surface area (Å²) in [5, 5.41) is 0. The second-order valence-corrected chi connectivity index (χ2v) is 3.56. The van der Waals surface area contributed by atoms with Crippen LogP contribution in [-0.2, 0) is 13.5 Å². The average Bonchev–Trinajstić information content (AvgIpc) is 2.28. The third-order valence-electron chi connectivity index (χ3n) is 2.11. The van der Waals surface area contributed by atoms with Crippen molar-refractivity contribution in [2.45, 2.75) is 25.2 Å². The minimum atomic E-state index is 1.13. The molecule has 1 rings (SSSR count). The lowest BCUT2D eigenvalue weighted by Gasteiger charge is -2.02. The van der Waals surface area contributed by atoms with Gasteiger partial charge in [0, 0.05) is 23.3 Å². The van der Waals surface area contributed by atoms with Crippen molar-refractivity contribution in [2.75, 3.05) is 6.26 Å². The molecule has 1 heterocycles. The predicted octanol–water partition coefficient (Wildman–Crippen LogP) is 2.62. The lowest BCUT2D eigenvalue weighted by Crippen LogP contribution is -1.96. The Hall–Kier alpha value is -0.370. The molecule has 0 N–H and O–H groups in total. The summed E-state index contributed by atoms with van der Waals surface area (Å²) in [5.41, 5.74) is 2.81. The van der Waals surface area contributed by atoms with Crippen molar-refractivity contribution in [3.63, 3.8) is 0 Å². The van der Waals surface area contributed by atoms with Gasteiger partial charge < -0.3 is 4.57 Å². The highest BCUT2D eigenvalue weighted by molar-refractivity contribution is 7.98. The lowest BCUT2D eigenvalue weighted by atomic mass is 10.3. The van der Waals surface area contributed by atoms with E-state index >= 15 is 0 Å². The first kappa shape index (κ1) is 8.72. The summed E-state index contributed by atoms with van der Waals surface area (Å²) in [4.78, 5) is 1.42. The van der Waals surface area contributed by atoms with Crippen LogP contribution in [0.2, 0.25) is 0 Å². The molecule has 0 unspecified atom stereocenters. The summed E-state index contributed by atoms with van der Waals surface area (Å²) in [5.74, 6) is 0. The molecule has 0 aromatic carbocycles. The molecule has 1 aromatic heterocycles. The molecule has 2 heteroatoms. The van der Waals surface area contributed by atoms with E-state index < -0.39 is 0 Å². The summed E-state index contributed by atoms with van der Waals surface area (Å²) >= 11 is 1.83. The molecule has 1 nitrogen and oxygen atoms in total. The first-order valence-electron chi connectivity index (χ1n) is 3.89. The van der Waals surface area contributed by atoms with Gasteiger partial charge >= 0.3 is 0 Å². The maximum Gasteiger partial charge on any atom is 0.0308 e. The van der Waals surface area contributed by atoms with E-state index in [1.54, 1.807) is 0 Å². The van der Waals surface area contributed by atoms with Crippen LogP contribution >= 0.6 is 11.8 Å². The molecule has 62 valence electrons. The van der Waals surface area contributed by atoms with Gasteiger partial charge in [0.25, 0.3) is 0 Å². The van der Waals surface area contributed by atoms with Gasteiger partial charge in [-0.3, -0.25) is 0 Å². The molecule has 0 radical (unpaired) electrons. The van der Waals surface area contributed by atoms with Crippen molar-refractivity contribution < 1.29 is 0 Å². The Bertz CT molecular complexity index is 250. The Morgan fingerprint density at radius 1 is 1.55 bits per heavy atom. The molecule has 11 heavy (non-hydrogen) atoms. The fourth-order valence-corrected chi connectivity index (χ4v) is 2.14. The van der Waals surface area contributed by atoms with E-state index in [1.807, 2.05) is 11.8 Å². The van der Waals surface area contributed by atoms with Crippen LogP contribution in [0.1, 0.15) is 18.3 Å².